The van der Waals surface area contributed by atoms with Gasteiger partial charge in [-0.05, 0) is 113 Å². The summed E-state index contributed by atoms with van der Waals surface area (Å²) in [6.45, 7) is 0. The summed E-state index contributed by atoms with van der Waals surface area (Å²) in [7, 11) is 0. The van der Waals surface area contributed by atoms with Crippen LogP contribution >= 0.6 is 0 Å². The van der Waals surface area contributed by atoms with Crippen molar-refractivity contribution in [2.45, 2.75) is 54.1 Å². The van der Waals surface area contributed by atoms with E-state index in [1.165, 1.54) is 44.1 Å². The number of nitrogens with two attached hydrogens (primary N) is 1. The van der Waals surface area contributed by atoms with Crippen LogP contribution in [0.4, 0.5) is 0 Å². The molecule has 3 heterocycles. The van der Waals surface area contributed by atoms with Crippen LogP contribution in [-0.2, 0) is 11.2 Å². The molecule has 57 heavy (non-hydrogen) atoms. The molecule has 5 nitrogen and oxygen atoms in total. The van der Waals surface area contributed by atoms with E-state index in [1.807, 2.05) is 12.1 Å². The predicted molar refractivity (Wildman–Crippen MR) is 235 cm³/mol. The minimum Gasteiger partial charge on any atom is -0.611 e. The third kappa shape index (κ3) is 5.73. The molecule has 5 atom stereocenters. The molecule has 3 unspecified atom stereocenters. The molecule has 0 bridgehead atoms. The minimum atomic E-state index is -0.943. The van der Waals surface area contributed by atoms with Crippen LogP contribution in [0.2, 0.25) is 0 Å². The first-order chi connectivity index (χ1) is 28.1. The molecule has 6 heteroatoms. The summed E-state index contributed by atoms with van der Waals surface area (Å²) in [5.41, 5.74) is 20.2. The van der Waals surface area contributed by atoms with Gasteiger partial charge in [0.2, 0.25) is 0 Å². The predicted octanol–water partition coefficient (Wildman–Crippen LogP) is 11.2. The SMILES string of the molecule is NC(C1=CC=C(c2ccc3c4ccccc4n(-c4cccc(-c5ccc6c(c5)C5C=CCCC5[S@+]6[O-])c4)c3c2)CC1)N1C(c2ccccc2)=N[C@@H]1c1ccccc1. The largest absolute Gasteiger partial charge is 0.611 e. The highest BCUT2D eigenvalue weighted by atomic mass is 32.2. The number of nitrogens with zero attached hydrogens (tertiary/aromatic N) is 3. The van der Waals surface area contributed by atoms with E-state index >= 15 is 0 Å². The second kappa shape index (κ2) is 13.9. The van der Waals surface area contributed by atoms with Crippen molar-refractivity contribution in [3.63, 3.8) is 0 Å². The number of aliphatic imine (C=N–C) groups is 1. The lowest BCUT2D eigenvalue weighted by atomic mass is 9.88. The van der Waals surface area contributed by atoms with Crippen molar-refractivity contribution >= 4 is 44.4 Å². The maximum atomic E-state index is 13.3. The zero-order chi connectivity index (χ0) is 38.0. The molecule has 0 amide bonds. The van der Waals surface area contributed by atoms with Crippen molar-refractivity contribution in [3.8, 4) is 16.8 Å². The number of fused-ring (bicyclic) bond motifs is 6. The van der Waals surface area contributed by atoms with Crippen LogP contribution in [0.15, 0.2) is 185 Å². The van der Waals surface area contributed by atoms with E-state index in [0.717, 1.165) is 64.4 Å². The quantitative estimate of drug-likeness (QED) is 0.130. The number of hydrogen-bond donors (Lipinski definition) is 1. The van der Waals surface area contributed by atoms with Crippen LogP contribution < -0.4 is 5.73 Å². The second-order valence-electron chi connectivity index (χ2n) is 15.6. The molecule has 7 aromatic rings. The lowest BCUT2D eigenvalue weighted by Crippen LogP contribution is -2.54. The van der Waals surface area contributed by atoms with Gasteiger partial charge in [0, 0.05) is 27.6 Å². The highest BCUT2D eigenvalue weighted by Gasteiger charge is 2.44. The number of benzene rings is 6. The molecular formula is C51H42N4OS. The van der Waals surface area contributed by atoms with Gasteiger partial charge in [0.05, 0.1) is 17.0 Å². The van der Waals surface area contributed by atoms with Gasteiger partial charge < -0.3 is 19.8 Å². The monoisotopic (exact) mass is 758 g/mol. The zero-order valence-electron chi connectivity index (χ0n) is 31.5. The third-order valence-corrected chi connectivity index (χ3v) is 14.3. The normalized spacial score (nSPS) is 21.7. The van der Waals surface area contributed by atoms with Crippen molar-refractivity contribution in [1.82, 2.24) is 9.47 Å². The van der Waals surface area contributed by atoms with Gasteiger partial charge in [-0.15, -0.1) is 0 Å². The van der Waals surface area contributed by atoms with Gasteiger partial charge in [0.15, 0.2) is 11.1 Å². The lowest BCUT2D eigenvalue weighted by molar-refractivity contribution is 0.226. The lowest BCUT2D eigenvalue weighted by Gasteiger charge is -2.45. The molecule has 0 saturated heterocycles. The number of allylic oxidation sites excluding steroid dienone is 5. The van der Waals surface area contributed by atoms with Gasteiger partial charge in [0.1, 0.15) is 17.3 Å². The first-order valence-electron chi connectivity index (χ1n) is 20.1. The number of para-hydroxylation sites is 1. The Kier molecular flexibility index (Phi) is 8.39. The fourth-order valence-electron chi connectivity index (χ4n) is 9.54. The molecular weight excluding hydrogens is 717 g/mol. The van der Waals surface area contributed by atoms with Gasteiger partial charge in [-0.3, -0.25) is 0 Å². The van der Waals surface area contributed by atoms with Gasteiger partial charge in [-0.2, -0.15) is 0 Å². The molecule has 0 fully saturated rings. The Bertz CT molecular complexity index is 2820. The molecule has 2 aliphatic carbocycles. The zero-order valence-corrected chi connectivity index (χ0v) is 32.4. The van der Waals surface area contributed by atoms with Crippen LogP contribution in [0.5, 0.6) is 0 Å². The van der Waals surface area contributed by atoms with Crippen LogP contribution in [-0.4, -0.2) is 31.3 Å². The molecule has 4 aliphatic rings. The first kappa shape index (κ1) is 34.3. The molecule has 11 rings (SSSR count). The molecule has 0 spiro atoms. The molecule has 2 N–H and O–H groups in total. The second-order valence-corrected chi connectivity index (χ2v) is 17.3. The average Bonchev–Trinajstić information content (AvgIpc) is 3.75. The summed E-state index contributed by atoms with van der Waals surface area (Å²) in [4.78, 5) is 8.35. The van der Waals surface area contributed by atoms with E-state index in [4.69, 9.17) is 10.7 Å². The topological polar surface area (TPSA) is 69.6 Å². The van der Waals surface area contributed by atoms with E-state index in [9.17, 15) is 4.55 Å². The van der Waals surface area contributed by atoms with Crippen LogP contribution in [0.3, 0.4) is 0 Å². The van der Waals surface area contributed by atoms with Crippen LogP contribution in [0, 0.1) is 0 Å². The molecule has 2 aliphatic heterocycles. The highest BCUT2D eigenvalue weighted by molar-refractivity contribution is 7.92. The van der Waals surface area contributed by atoms with E-state index in [1.54, 1.807) is 0 Å². The average molecular weight is 759 g/mol. The van der Waals surface area contributed by atoms with Crippen molar-refractivity contribution in [1.29, 1.82) is 0 Å². The smallest absolute Gasteiger partial charge is 0.157 e. The summed E-state index contributed by atoms with van der Waals surface area (Å²) >= 11 is -0.943. The molecule has 6 aromatic carbocycles. The molecule has 0 saturated carbocycles. The summed E-state index contributed by atoms with van der Waals surface area (Å²) in [5.74, 6) is 1.18. The Hall–Kier alpha value is -5.92. The van der Waals surface area contributed by atoms with Gasteiger partial charge >= 0.3 is 0 Å². The van der Waals surface area contributed by atoms with Crippen molar-refractivity contribution < 1.29 is 4.55 Å². The van der Waals surface area contributed by atoms with Crippen LogP contribution in [0.1, 0.15) is 60.0 Å². The molecule has 0 radical (unpaired) electrons. The number of aromatic nitrogens is 1. The van der Waals surface area contributed by atoms with E-state index in [0.29, 0.717) is 0 Å². The Morgan fingerprint density at radius 3 is 2.28 bits per heavy atom. The Morgan fingerprint density at radius 2 is 1.44 bits per heavy atom. The fraction of sp³-hybridized carbons (Fsp3) is 0.157. The Balaban J connectivity index is 0.937. The van der Waals surface area contributed by atoms with Gasteiger partial charge in [-0.25, -0.2) is 4.99 Å². The maximum Gasteiger partial charge on any atom is 0.157 e. The Morgan fingerprint density at radius 1 is 0.684 bits per heavy atom. The fourth-order valence-corrected chi connectivity index (χ4v) is 11.3. The maximum absolute atomic E-state index is 13.3. The standard InChI is InChI=1S/C51H42N4OS/c52-49(55-50(35-12-3-1-4-13-35)53-51(55)36-14-5-2-6-15-36)34-24-22-33(23-25-34)39-26-28-42-41-18-7-9-20-45(41)54(46(42)32-39)40-17-11-16-37(30-40)38-27-29-48-44(31-38)43-19-8-10-21-47(43)57(48)56/h1-9,11-20,22,24,26-32,43,47,49-50H,10,21,23,25,52H2/t43?,47?,49?,50-,57-/m0/s1. The highest BCUT2D eigenvalue weighted by Crippen LogP contribution is 2.47. The van der Waals surface area contributed by atoms with Crippen molar-refractivity contribution in [3.05, 3.63) is 198 Å². The van der Waals surface area contributed by atoms with E-state index in [2.05, 4.69) is 167 Å². The summed E-state index contributed by atoms with van der Waals surface area (Å²) in [6, 6.07) is 51.9. The van der Waals surface area contributed by atoms with E-state index < -0.39 is 11.2 Å². The molecule has 1 aromatic heterocycles. The van der Waals surface area contributed by atoms with Gasteiger partial charge in [0.25, 0.3) is 0 Å². The van der Waals surface area contributed by atoms with Crippen molar-refractivity contribution in [2.24, 2.45) is 10.7 Å². The number of amidine groups is 1. The summed E-state index contributed by atoms with van der Waals surface area (Å²) in [5, 5.41) is 2.68. The van der Waals surface area contributed by atoms with Gasteiger partial charge in [-0.1, -0.05) is 127 Å². The number of rotatable bonds is 7. The Labute approximate surface area is 336 Å². The van der Waals surface area contributed by atoms with E-state index in [-0.39, 0.29) is 23.5 Å². The van der Waals surface area contributed by atoms with Crippen LogP contribution in [0.25, 0.3) is 44.2 Å². The summed E-state index contributed by atoms with van der Waals surface area (Å²) in [6.07, 6.45) is 12.4. The minimum absolute atomic E-state index is 0.111. The number of hydrogen-bond acceptors (Lipinski definition) is 4. The third-order valence-electron chi connectivity index (χ3n) is 12.4. The van der Waals surface area contributed by atoms with Crippen molar-refractivity contribution in [2.75, 3.05) is 0 Å². The summed E-state index contributed by atoms with van der Waals surface area (Å²) < 4.78 is 15.8. The first-order valence-corrected chi connectivity index (χ1v) is 21.3. The molecule has 278 valence electrons.